The summed E-state index contributed by atoms with van der Waals surface area (Å²) in [5, 5.41) is 6.05. The average molecular weight is 534 g/mol. The van der Waals surface area contributed by atoms with Crippen molar-refractivity contribution in [1.82, 2.24) is 10.2 Å². The number of halogens is 1. The van der Waals surface area contributed by atoms with E-state index in [1.807, 2.05) is 12.1 Å². The third-order valence-corrected chi connectivity index (χ3v) is 6.58. The van der Waals surface area contributed by atoms with Crippen LogP contribution in [0.5, 0.6) is 0 Å². The summed E-state index contributed by atoms with van der Waals surface area (Å²) in [7, 11) is 1.27. The fraction of sp³-hybridized carbons (Fsp3) is 0.241. The number of rotatable bonds is 9. The van der Waals surface area contributed by atoms with Gasteiger partial charge < -0.3 is 20.3 Å². The number of ether oxygens (including phenoxy) is 1. The van der Waals surface area contributed by atoms with Gasteiger partial charge in [-0.3, -0.25) is 14.4 Å². The lowest BCUT2D eigenvalue weighted by molar-refractivity contribution is -0.154. The summed E-state index contributed by atoms with van der Waals surface area (Å²) in [6.07, 6.45) is 0.778. The number of anilines is 1. The SMILES string of the molecule is COC(=O)C(Cc1ccc(NC(=O)c2ccccc2)cc1)N(Cc1cccc(Cl)c1)C(=O)C1CCC(=O)N1. The smallest absolute Gasteiger partial charge is 0.328 e. The maximum atomic E-state index is 13.6. The Morgan fingerprint density at radius 3 is 2.39 bits per heavy atom. The van der Waals surface area contributed by atoms with E-state index in [2.05, 4.69) is 10.6 Å². The van der Waals surface area contributed by atoms with E-state index in [4.69, 9.17) is 16.3 Å². The summed E-state index contributed by atoms with van der Waals surface area (Å²) in [5.41, 5.74) is 2.63. The molecule has 3 aromatic carbocycles. The van der Waals surface area contributed by atoms with Crippen molar-refractivity contribution in [3.63, 3.8) is 0 Å². The summed E-state index contributed by atoms with van der Waals surface area (Å²) in [5.74, 6) is -1.37. The summed E-state index contributed by atoms with van der Waals surface area (Å²) >= 11 is 6.16. The lowest BCUT2D eigenvalue weighted by atomic mass is 10.0. The number of hydrogen-bond donors (Lipinski definition) is 2. The maximum absolute atomic E-state index is 13.6. The molecule has 0 radical (unpaired) electrons. The largest absolute Gasteiger partial charge is 0.467 e. The quantitative estimate of drug-likeness (QED) is 0.405. The van der Waals surface area contributed by atoms with Gasteiger partial charge in [0.1, 0.15) is 12.1 Å². The van der Waals surface area contributed by atoms with Crippen molar-refractivity contribution in [2.45, 2.75) is 37.9 Å². The Balaban J connectivity index is 1.56. The van der Waals surface area contributed by atoms with Crippen LogP contribution >= 0.6 is 11.6 Å². The molecule has 1 fully saturated rings. The normalized spacial score (nSPS) is 15.3. The molecule has 2 unspecified atom stereocenters. The van der Waals surface area contributed by atoms with Crippen LogP contribution in [0.3, 0.4) is 0 Å². The molecule has 4 rings (SSSR count). The number of nitrogens with one attached hydrogen (secondary N) is 2. The van der Waals surface area contributed by atoms with Crippen molar-refractivity contribution in [3.05, 3.63) is 101 Å². The number of benzene rings is 3. The highest BCUT2D eigenvalue weighted by atomic mass is 35.5. The third kappa shape index (κ3) is 6.77. The van der Waals surface area contributed by atoms with Gasteiger partial charge in [-0.1, -0.05) is 54.1 Å². The van der Waals surface area contributed by atoms with Gasteiger partial charge in [0.15, 0.2) is 0 Å². The van der Waals surface area contributed by atoms with Crippen molar-refractivity contribution in [2.75, 3.05) is 12.4 Å². The molecule has 0 aliphatic carbocycles. The van der Waals surface area contributed by atoms with Crippen LogP contribution in [-0.2, 0) is 32.1 Å². The molecule has 2 atom stereocenters. The highest BCUT2D eigenvalue weighted by molar-refractivity contribution is 6.30. The highest BCUT2D eigenvalue weighted by Gasteiger charge is 2.37. The van der Waals surface area contributed by atoms with E-state index < -0.39 is 18.1 Å². The fourth-order valence-corrected chi connectivity index (χ4v) is 4.58. The zero-order chi connectivity index (χ0) is 27.1. The molecule has 1 saturated heterocycles. The Morgan fingerprint density at radius 1 is 1.03 bits per heavy atom. The molecule has 0 saturated carbocycles. The van der Waals surface area contributed by atoms with Gasteiger partial charge in [0.05, 0.1) is 7.11 Å². The van der Waals surface area contributed by atoms with Crippen LogP contribution in [0.15, 0.2) is 78.9 Å². The number of carbonyl (C=O) groups excluding carboxylic acids is 4. The number of methoxy groups -OCH3 is 1. The highest BCUT2D eigenvalue weighted by Crippen LogP contribution is 2.22. The summed E-state index contributed by atoms with van der Waals surface area (Å²) < 4.78 is 5.08. The van der Waals surface area contributed by atoms with Gasteiger partial charge in [-0.25, -0.2) is 4.79 Å². The molecule has 196 valence electrons. The molecule has 0 aromatic heterocycles. The van der Waals surface area contributed by atoms with Crippen LogP contribution in [-0.4, -0.2) is 47.8 Å². The first-order chi connectivity index (χ1) is 18.3. The molecule has 8 nitrogen and oxygen atoms in total. The lowest BCUT2D eigenvalue weighted by Gasteiger charge is -2.32. The van der Waals surface area contributed by atoms with E-state index in [1.54, 1.807) is 66.7 Å². The van der Waals surface area contributed by atoms with Crippen LogP contribution < -0.4 is 10.6 Å². The first-order valence-corrected chi connectivity index (χ1v) is 12.6. The predicted molar refractivity (Wildman–Crippen MR) is 144 cm³/mol. The molecule has 0 spiro atoms. The molecule has 1 aliphatic rings. The second kappa shape index (κ2) is 12.4. The third-order valence-electron chi connectivity index (χ3n) is 6.34. The molecular formula is C29H28ClN3O5. The van der Waals surface area contributed by atoms with Crippen LogP contribution in [0.25, 0.3) is 0 Å². The van der Waals surface area contributed by atoms with Crippen molar-refractivity contribution in [2.24, 2.45) is 0 Å². The molecule has 3 aromatic rings. The molecule has 2 N–H and O–H groups in total. The van der Waals surface area contributed by atoms with Gasteiger partial charge in [-0.05, 0) is 53.9 Å². The van der Waals surface area contributed by atoms with Crippen molar-refractivity contribution >= 4 is 41.0 Å². The Hall–Kier alpha value is -4.17. The van der Waals surface area contributed by atoms with E-state index in [1.165, 1.54) is 12.0 Å². The Bertz CT molecular complexity index is 1310. The molecule has 3 amide bonds. The maximum Gasteiger partial charge on any atom is 0.328 e. The molecule has 38 heavy (non-hydrogen) atoms. The molecule has 0 bridgehead atoms. The van der Waals surface area contributed by atoms with Crippen LogP contribution in [0.1, 0.15) is 34.3 Å². The van der Waals surface area contributed by atoms with Gasteiger partial charge in [-0.2, -0.15) is 0 Å². The van der Waals surface area contributed by atoms with Gasteiger partial charge in [0.2, 0.25) is 11.8 Å². The van der Waals surface area contributed by atoms with E-state index in [9.17, 15) is 19.2 Å². The monoisotopic (exact) mass is 533 g/mol. The van der Waals surface area contributed by atoms with E-state index in [-0.39, 0.29) is 37.1 Å². The van der Waals surface area contributed by atoms with E-state index in [0.29, 0.717) is 22.7 Å². The van der Waals surface area contributed by atoms with Crippen molar-refractivity contribution in [1.29, 1.82) is 0 Å². The summed E-state index contributed by atoms with van der Waals surface area (Å²) in [6.45, 7) is 0.108. The number of esters is 1. The Labute approximate surface area is 225 Å². The second-order valence-corrected chi connectivity index (χ2v) is 9.45. The zero-order valence-corrected chi connectivity index (χ0v) is 21.6. The van der Waals surface area contributed by atoms with Gasteiger partial charge in [0, 0.05) is 35.7 Å². The van der Waals surface area contributed by atoms with Crippen LogP contribution in [0, 0.1) is 0 Å². The zero-order valence-electron chi connectivity index (χ0n) is 20.9. The fourth-order valence-electron chi connectivity index (χ4n) is 4.37. The number of hydrogen-bond acceptors (Lipinski definition) is 5. The van der Waals surface area contributed by atoms with Crippen LogP contribution in [0.4, 0.5) is 5.69 Å². The van der Waals surface area contributed by atoms with Crippen LogP contribution in [0.2, 0.25) is 5.02 Å². The first kappa shape index (κ1) is 26.9. The molecule has 1 heterocycles. The van der Waals surface area contributed by atoms with E-state index in [0.717, 1.165) is 11.1 Å². The summed E-state index contributed by atoms with van der Waals surface area (Å²) in [4.78, 5) is 52.3. The lowest BCUT2D eigenvalue weighted by Crippen LogP contribution is -2.52. The van der Waals surface area contributed by atoms with Gasteiger partial charge >= 0.3 is 5.97 Å². The second-order valence-electron chi connectivity index (χ2n) is 9.01. The van der Waals surface area contributed by atoms with Crippen molar-refractivity contribution < 1.29 is 23.9 Å². The number of carbonyl (C=O) groups is 4. The molecule has 9 heteroatoms. The minimum Gasteiger partial charge on any atom is -0.467 e. The van der Waals surface area contributed by atoms with Crippen molar-refractivity contribution in [3.8, 4) is 0 Å². The molecule has 1 aliphatic heterocycles. The minimum atomic E-state index is -0.950. The van der Waals surface area contributed by atoms with E-state index >= 15 is 0 Å². The average Bonchev–Trinajstić information content (AvgIpc) is 3.37. The predicted octanol–water partition coefficient (Wildman–Crippen LogP) is 3.98. The minimum absolute atomic E-state index is 0.108. The summed E-state index contributed by atoms with van der Waals surface area (Å²) in [6, 6.07) is 21.3. The molecular weight excluding hydrogens is 506 g/mol. The Morgan fingerprint density at radius 2 is 1.76 bits per heavy atom. The first-order valence-electron chi connectivity index (χ1n) is 12.2. The Kier molecular flexibility index (Phi) is 8.76. The number of amides is 3. The topological polar surface area (TPSA) is 105 Å². The van der Waals surface area contributed by atoms with Gasteiger partial charge in [-0.15, -0.1) is 0 Å². The van der Waals surface area contributed by atoms with Gasteiger partial charge in [0.25, 0.3) is 5.91 Å². The standard InChI is InChI=1S/C29H28ClN3O5/c1-38-29(37)25(17-19-10-12-23(13-11-19)31-27(35)21-7-3-2-4-8-21)33(18-20-6-5-9-22(30)16-20)28(36)24-14-15-26(34)32-24/h2-13,16,24-25H,14-15,17-18H2,1H3,(H,31,35)(H,32,34). The number of nitrogens with zero attached hydrogens (tertiary/aromatic N) is 1.